The van der Waals surface area contributed by atoms with E-state index in [0.29, 0.717) is 22.5 Å². The molecule has 23 heavy (non-hydrogen) atoms. The second-order valence-electron chi connectivity index (χ2n) is 5.06. The van der Waals surface area contributed by atoms with Gasteiger partial charge in [0.15, 0.2) is 0 Å². The van der Waals surface area contributed by atoms with E-state index >= 15 is 0 Å². The van der Waals surface area contributed by atoms with E-state index in [9.17, 15) is 9.59 Å². The Morgan fingerprint density at radius 2 is 1.83 bits per heavy atom. The number of carboxylic acids is 1. The van der Waals surface area contributed by atoms with Crippen molar-refractivity contribution >= 4 is 16.9 Å². The molecule has 0 radical (unpaired) electrons. The molecule has 0 unspecified atom stereocenters. The maximum absolute atomic E-state index is 12.5. The SMILES string of the molecule is O=C(O)c1ccc(-n2nc3c4ccccc4occ-3c2=O)cc1. The van der Waals surface area contributed by atoms with Gasteiger partial charge in [-0.1, -0.05) is 12.1 Å². The summed E-state index contributed by atoms with van der Waals surface area (Å²) in [7, 11) is 0. The fraction of sp³-hybridized carbons (Fsp3) is 0. The van der Waals surface area contributed by atoms with Crippen molar-refractivity contribution in [3.05, 3.63) is 70.7 Å². The highest BCUT2D eigenvalue weighted by atomic mass is 16.4. The van der Waals surface area contributed by atoms with Crippen LogP contribution in [0, 0.1) is 0 Å². The van der Waals surface area contributed by atoms with Gasteiger partial charge in [0.1, 0.15) is 23.1 Å². The van der Waals surface area contributed by atoms with Crippen molar-refractivity contribution in [2.75, 3.05) is 0 Å². The monoisotopic (exact) mass is 306 g/mol. The van der Waals surface area contributed by atoms with Crippen molar-refractivity contribution in [3.63, 3.8) is 0 Å². The maximum Gasteiger partial charge on any atom is 0.335 e. The summed E-state index contributed by atoms with van der Waals surface area (Å²) in [5.41, 5.74) is 1.92. The van der Waals surface area contributed by atoms with Crippen LogP contribution in [-0.2, 0) is 0 Å². The van der Waals surface area contributed by atoms with Gasteiger partial charge >= 0.3 is 5.97 Å². The quantitative estimate of drug-likeness (QED) is 0.615. The van der Waals surface area contributed by atoms with Crippen LogP contribution in [0.2, 0.25) is 0 Å². The zero-order valence-corrected chi connectivity index (χ0v) is 11.8. The second-order valence-corrected chi connectivity index (χ2v) is 5.06. The van der Waals surface area contributed by atoms with Crippen molar-refractivity contribution in [2.45, 2.75) is 0 Å². The van der Waals surface area contributed by atoms with Gasteiger partial charge in [-0.3, -0.25) is 4.79 Å². The van der Waals surface area contributed by atoms with Crippen LogP contribution in [0.1, 0.15) is 10.4 Å². The van der Waals surface area contributed by atoms with E-state index in [0.717, 1.165) is 5.39 Å². The van der Waals surface area contributed by atoms with Crippen LogP contribution in [0.5, 0.6) is 0 Å². The molecule has 0 spiro atoms. The van der Waals surface area contributed by atoms with Gasteiger partial charge in [0, 0.05) is 5.39 Å². The largest absolute Gasteiger partial charge is 0.478 e. The molecule has 2 aromatic rings. The molecular formula is C17H10N2O4. The third kappa shape index (κ3) is 2.00. The third-order valence-corrected chi connectivity index (χ3v) is 3.68. The zero-order valence-electron chi connectivity index (χ0n) is 11.8. The van der Waals surface area contributed by atoms with Crippen molar-refractivity contribution in [2.24, 2.45) is 0 Å². The maximum atomic E-state index is 12.5. The van der Waals surface area contributed by atoms with E-state index in [2.05, 4.69) is 5.10 Å². The number of aromatic nitrogens is 2. The van der Waals surface area contributed by atoms with Crippen molar-refractivity contribution in [1.29, 1.82) is 0 Å². The summed E-state index contributed by atoms with van der Waals surface area (Å²) in [6.45, 7) is 0. The highest BCUT2D eigenvalue weighted by Crippen LogP contribution is 2.27. The Hall–Kier alpha value is -3.41. The number of para-hydroxylation sites is 1. The Balaban J connectivity index is 1.95. The molecule has 2 aliphatic heterocycles. The van der Waals surface area contributed by atoms with Crippen LogP contribution in [0.25, 0.3) is 27.9 Å². The topological polar surface area (TPSA) is 85.3 Å². The molecule has 6 nitrogen and oxygen atoms in total. The molecule has 0 saturated carbocycles. The highest BCUT2D eigenvalue weighted by Gasteiger charge is 2.20. The van der Waals surface area contributed by atoms with Gasteiger partial charge in [0.2, 0.25) is 0 Å². The first-order valence-corrected chi connectivity index (χ1v) is 6.88. The summed E-state index contributed by atoms with van der Waals surface area (Å²) >= 11 is 0. The van der Waals surface area contributed by atoms with Crippen LogP contribution >= 0.6 is 0 Å². The van der Waals surface area contributed by atoms with Crippen LogP contribution < -0.4 is 5.56 Å². The molecule has 0 atom stereocenters. The van der Waals surface area contributed by atoms with Crippen LogP contribution in [0.4, 0.5) is 0 Å². The minimum atomic E-state index is -1.02. The number of carboxylic acid groups (broad SMARTS) is 1. The molecule has 0 aromatic heterocycles. The van der Waals surface area contributed by atoms with Gasteiger partial charge in [-0.15, -0.1) is 0 Å². The van der Waals surface area contributed by atoms with Gasteiger partial charge in [0.25, 0.3) is 5.56 Å². The number of nitrogens with zero attached hydrogens (tertiary/aromatic N) is 2. The van der Waals surface area contributed by atoms with Gasteiger partial charge in [0.05, 0.1) is 11.3 Å². The summed E-state index contributed by atoms with van der Waals surface area (Å²) in [6.07, 6.45) is 1.40. The van der Waals surface area contributed by atoms with Crippen LogP contribution in [-0.4, -0.2) is 20.9 Å². The first kappa shape index (κ1) is 13.3. The Morgan fingerprint density at radius 1 is 1.09 bits per heavy atom. The smallest absolute Gasteiger partial charge is 0.335 e. The average Bonchev–Trinajstić information content (AvgIpc) is 2.92. The molecule has 0 saturated heterocycles. The Morgan fingerprint density at radius 3 is 2.57 bits per heavy atom. The normalized spacial score (nSPS) is 11.1. The number of fused-ring (bicyclic) bond motifs is 3. The third-order valence-electron chi connectivity index (χ3n) is 3.68. The Kier molecular flexibility index (Phi) is 2.77. The lowest BCUT2D eigenvalue weighted by molar-refractivity contribution is 0.0697. The predicted molar refractivity (Wildman–Crippen MR) is 83.2 cm³/mol. The van der Waals surface area contributed by atoms with Crippen LogP contribution in [0.15, 0.2) is 64.0 Å². The molecule has 0 amide bonds. The summed E-state index contributed by atoms with van der Waals surface area (Å²) < 4.78 is 6.72. The molecule has 0 bridgehead atoms. The number of hydrogen-bond donors (Lipinski definition) is 1. The number of aromatic carboxylic acids is 1. The molecule has 112 valence electrons. The lowest BCUT2D eigenvalue weighted by atomic mass is 10.1. The van der Waals surface area contributed by atoms with Gasteiger partial charge in [-0.05, 0) is 36.4 Å². The van der Waals surface area contributed by atoms with Gasteiger partial charge < -0.3 is 9.52 Å². The minimum Gasteiger partial charge on any atom is -0.478 e. The van der Waals surface area contributed by atoms with E-state index in [-0.39, 0.29) is 11.1 Å². The minimum absolute atomic E-state index is 0.151. The number of benzene rings is 2. The van der Waals surface area contributed by atoms with Crippen molar-refractivity contribution < 1.29 is 14.3 Å². The first-order chi connectivity index (χ1) is 11.1. The number of carbonyl (C=O) groups is 1. The van der Waals surface area contributed by atoms with Crippen molar-refractivity contribution in [1.82, 2.24) is 9.78 Å². The molecule has 2 heterocycles. The summed E-state index contributed by atoms with van der Waals surface area (Å²) in [5.74, 6) is -1.02. The lowest BCUT2D eigenvalue weighted by Crippen LogP contribution is -2.14. The molecule has 2 aromatic carbocycles. The fourth-order valence-corrected chi connectivity index (χ4v) is 2.53. The molecular weight excluding hydrogens is 296 g/mol. The van der Waals surface area contributed by atoms with Gasteiger partial charge in [-0.2, -0.15) is 9.78 Å². The van der Waals surface area contributed by atoms with E-state index in [1.165, 1.54) is 23.1 Å². The summed E-state index contributed by atoms with van der Waals surface area (Å²) in [4.78, 5) is 23.4. The van der Waals surface area contributed by atoms with E-state index in [1.54, 1.807) is 18.2 Å². The molecule has 4 rings (SSSR count). The molecule has 6 heteroatoms. The van der Waals surface area contributed by atoms with Gasteiger partial charge in [-0.25, -0.2) is 4.79 Å². The fourth-order valence-electron chi connectivity index (χ4n) is 2.53. The summed E-state index contributed by atoms with van der Waals surface area (Å²) in [5, 5.41) is 14.1. The van der Waals surface area contributed by atoms with E-state index < -0.39 is 5.97 Å². The standard InChI is InChI=1S/C17H10N2O4/c20-16-13-9-23-14-4-2-1-3-12(14)15(13)18-19(16)11-7-5-10(6-8-11)17(21)22/h1-9H,(H,21,22). The highest BCUT2D eigenvalue weighted by molar-refractivity contribution is 5.91. The second kappa shape index (κ2) is 4.81. The molecule has 1 N–H and O–H groups in total. The predicted octanol–water partition coefficient (Wildman–Crippen LogP) is 2.78. The Bertz CT molecular complexity index is 1060. The molecule has 0 fully saturated rings. The first-order valence-electron chi connectivity index (χ1n) is 6.88. The number of rotatable bonds is 2. The molecule has 0 aliphatic carbocycles. The van der Waals surface area contributed by atoms with Crippen molar-refractivity contribution in [3.8, 4) is 16.9 Å². The Labute approximate surface area is 129 Å². The van der Waals surface area contributed by atoms with E-state index in [1.807, 2.05) is 18.2 Å². The lowest BCUT2D eigenvalue weighted by Gasteiger charge is -2.00. The molecule has 2 aliphatic rings. The average molecular weight is 306 g/mol. The summed E-state index contributed by atoms with van der Waals surface area (Å²) in [6, 6.07) is 13.3. The van der Waals surface area contributed by atoms with Crippen LogP contribution in [0.3, 0.4) is 0 Å². The number of hydrogen-bond acceptors (Lipinski definition) is 4. The van der Waals surface area contributed by atoms with E-state index in [4.69, 9.17) is 9.52 Å². The zero-order chi connectivity index (χ0) is 16.0.